The third kappa shape index (κ3) is 4.09. The summed E-state index contributed by atoms with van der Waals surface area (Å²) in [6.07, 6.45) is 2.65. The number of nitrogens with two attached hydrogens (primary N) is 1. The molecular formula is C19H24N2O. The number of nitrogens with zero attached hydrogens (tertiary/aromatic N) is 1. The van der Waals surface area contributed by atoms with Gasteiger partial charge in [0.2, 0.25) is 0 Å². The third-order valence-electron chi connectivity index (χ3n) is 4.14. The average Bonchev–Trinajstić information content (AvgIpc) is 3.06. The summed E-state index contributed by atoms with van der Waals surface area (Å²) in [5.74, 6) is 0.940. The van der Waals surface area contributed by atoms with Gasteiger partial charge in [0.05, 0.1) is 0 Å². The van der Waals surface area contributed by atoms with Crippen molar-refractivity contribution in [2.45, 2.75) is 32.5 Å². The Balaban J connectivity index is 1.59. The molecule has 22 heavy (non-hydrogen) atoms. The first-order chi connectivity index (χ1) is 10.8. The molecule has 1 heterocycles. The number of benzene rings is 2. The van der Waals surface area contributed by atoms with Crippen LogP contribution >= 0.6 is 0 Å². The van der Waals surface area contributed by atoms with Crippen LogP contribution in [0.15, 0.2) is 48.5 Å². The third-order valence-corrected chi connectivity index (χ3v) is 4.14. The van der Waals surface area contributed by atoms with E-state index >= 15 is 0 Å². The lowest BCUT2D eigenvalue weighted by Gasteiger charge is -2.15. The molecule has 2 aromatic carbocycles. The zero-order valence-electron chi connectivity index (χ0n) is 13.0. The Morgan fingerprint density at radius 1 is 0.909 bits per heavy atom. The number of likely N-dealkylation sites (tertiary alicyclic amines) is 1. The van der Waals surface area contributed by atoms with Crippen LogP contribution in [-0.2, 0) is 19.7 Å². The smallest absolute Gasteiger partial charge is 0.120 e. The van der Waals surface area contributed by atoms with Gasteiger partial charge in [-0.15, -0.1) is 0 Å². The zero-order valence-corrected chi connectivity index (χ0v) is 13.0. The number of hydrogen-bond acceptors (Lipinski definition) is 3. The maximum absolute atomic E-state index is 5.94. The van der Waals surface area contributed by atoms with Crippen LogP contribution in [0.3, 0.4) is 0 Å². The van der Waals surface area contributed by atoms with E-state index in [0.29, 0.717) is 13.2 Å². The van der Waals surface area contributed by atoms with Crippen LogP contribution < -0.4 is 10.5 Å². The molecule has 116 valence electrons. The molecule has 3 nitrogen and oxygen atoms in total. The molecule has 2 N–H and O–H groups in total. The van der Waals surface area contributed by atoms with Crippen molar-refractivity contribution in [3.05, 3.63) is 65.2 Å². The largest absolute Gasteiger partial charge is 0.489 e. The van der Waals surface area contributed by atoms with Crippen LogP contribution in [0, 0.1) is 0 Å². The van der Waals surface area contributed by atoms with Crippen LogP contribution in [0.25, 0.3) is 0 Å². The minimum atomic E-state index is 0.569. The molecule has 0 aromatic heterocycles. The fourth-order valence-electron chi connectivity index (χ4n) is 2.95. The van der Waals surface area contributed by atoms with Gasteiger partial charge < -0.3 is 10.5 Å². The number of rotatable bonds is 6. The molecule has 0 aliphatic carbocycles. The highest BCUT2D eigenvalue weighted by molar-refractivity contribution is 5.29. The molecule has 0 saturated carbocycles. The van der Waals surface area contributed by atoms with E-state index in [1.54, 1.807) is 0 Å². The van der Waals surface area contributed by atoms with E-state index in [1.807, 2.05) is 18.2 Å². The molecule has 1 aliphatic rings. The highest BCUT2D eigenvalue weighted by Gasteiger charge is 2.11. The predicted molar refractivity (Wildman–Crippen MR) is 89.6 cm³/mol. The van der Waals surface area contributed by atoms with E-state index < -0.39 is 0 Å². The van der Waals surface area contributed by atoms with Crippen molar-refractivity contribution in [2.24, 2.45) is 5.73 Å². The fourth-order valence-corrected chi connectivity index (χ4v) is 2.95. The van der Waals surface area contributed by atoms with Crippen molar-refractivity contribution < 1.29 is 4.74 Å². The minimum absolute atomic E-state index is 0.569. The molecule has 0 atom stereocenters. The Kier molecular flexibility index (Phi) is 5.09. The van der Waals surface area contributed by atoms with Crippen molar-refractivity contribution in [2.75, 3.05) is 13.1 Å². The van der Waals surface area contributed by atoms with Crippen LogP contribution in [0.4, 0.5) is 0 Å². The van der Waals surface area contributed by atoms with Gasteiger partial charge in [-0.3, -0.25) is 4.90 Å². The van der Waals surface area contributed by atoms with E-state index in [9.17, 15) is 0 Å². The van der Waals surface area contributed by atoms with Gasteiger partial charge in [0.15, 0.2) is 0 Å². The average molecular weight is 296 g/mol. The van der Waals surface area contributed by atoms with Crippen LogP contribution in [-0.4, -0.2) is 18.0 Å². The molecule has 3 heteroatoms. The molecule has 0 bridgehead atoms. The minimum Gasteiger partial charge on any atom is -0.489 e. The molecular weight excluding hydrogens is 272 g/mol. The van der Waals surface area contributed by atoms with E-state index in [4.69, 9.17) is 10.5 Å². The van der Waals surface area contributed by atoms with Crippen molar-refractivity contribution in [1.82, 2.24) is 4.90 Å². The fraction of sp³-hybridized carbons (Fsp3) is 0.368. The van der Waals surface area contributed by atoms with Gasteiger partial charge in [0.25, 0.3) is 0 Å². The lowest BCUT2D eigenvalue weighted by Crippen LogP contribution is -2.18. The van der Waals surface area contributed by atoms with Crippen molar-refractivity contribution in [1.29, 1.82) is 0 Å². The van der Waals surface area contributed by atoms with Crippen molar-refractivity contribution in [3.63, 3.8) is 0 Å². The summed E-state index contributed by atoms with van der Waals surface area (Å²) in [6, 6.07) is 16.7. The van der Waals surface area contributed by atoms with Gasteiger partial charge in [-0.1, -0.05) is 36.4 Å². The van der Waals surface area contributed by atoms with Crippen molar-refractivity contribution in [3.8, 4) is 5.75 Å². The summed E-state index contributed by atoms with van der Waals surface area (Å²) in [5, 5.41) is 0. The monoisotopic (exact) mass is 296 g/mol. The lowest BCUT2D eigenvalue weighted by atomic mass is 10.1. The Morgan fingerprint density at radius 2 is 1.64 bits per heavy atom. The Labute approximate surface area is 132 Å². The molecule has 3 rings (SSSR count). The summed E-state index contributed by atoms with van der Waals surface area (Å²) < 4.78 is 5.94. The highest BCUT2D eigenvalue weighted by atomic mass is 16.5. The Morgan fingerprint density at radius 3 is 2.45 bits per heavy atom. The highest BCUT2D eigenvalue weighted by Crippen LogP contribution is 2.19. The summed E-state index contributed by atoms with van der Waals surface area (Å²) >= 11 is 0. The summed E-state index contributed by atoms with van der Waals surface area (Å²) in [7, 11) is 0. The molecule has 1 aliphatic heterocycles. The number of hydrogen-bond donors (Lipinski definition) is 1. The Hall–Kier alpha value is -1.84. The van der Waals surface area contributed by atoms with Gasteiger partial charge in [-0.05, 0) is 54.8 Å². The van der Waals surface area contributed by atoms with Gasteiger partial charge >= 0.3 is 0 Å². The number of ether oxygens (including phenoxy) is 1. The van der Waals surface area contributed by atoms with Gasteiger partial charge in [-0.25, -0.2) is 0 Å². The second kappa shape index (κ2) is 7.43. The molecule has 0 radical (unpaired) electrons. The molecule has 0 spiro atoms. The van der Waals surface area contributed by atoms with E-state index in [1.165, 1.54) is 31.5 Å². The molecule has 2 aromatic rings. The Bertz CT molecular complexity index is 606. The van der Waals surface area contributed by atoms with Gasteiger partial charge in [-0.2, -0.15) is 0 Å². The first-order valence-corrected chi connectivity index (χ1v) is 8.05. The van der Waals surface area contributed by atoms with E-state index in [2.05, 4.69) is 35.2 Å². The second-order valence-electron chi connectivity index (χ2n) is 5.94. The standard InChI is InChI=1S/C19H24N2O/c20-13-16-5-3-7-18(11-16)15-22-19-8-4-6-17(12-19)14-21-9-1-2-10-21/h3-8,11-12H,1-2,9-10,13-15,20H2. The zero-order chi connectivity index (χ0) is 15.2. The van der Waals surface area contributed by atoms with Crippen molar-refractivity contribution >= 4 is 0 Å². The maximum Gasteiger partial charge on any atom is 0.120 e. The van der Waals surface area contributed by atoms with E-state index in [-0.39, 0.29) is 0 Å². The lowest BCUT2D eigenvalue weighted by molar-refractivity contribution is 0.303. The summed E-state index contributed by atoms with van der Waals surface area (Å²) in [5.41, 5.74) is 9.31. The predicted octanol–water partition coefficient (Wildman–Crippen LogP) is 3.32. The van der Waals surface area contributed by atoms with Gasteiger partial charge in [0, 0.05) is 13.1 Å². The summed E-state index contributed by atoms with van der Waals surface area (Å²) in [6.45, 7) is 4.62. The molecule has 0 amide bonds. The summed E-state index contributed by atoms with van der Waals surface area (Å²) in [4.78, 5) is 2.50. The van der Waals surface area contributed by atoms with E-state index in [0.717, 1.165) is 23.4 Å². The quantitative estimate of drug-likeness (QED) is 0.888. The molecule has 1 fully saturated rings. The van der Waals surface area contributed by atoms with Crippen LogP contribution in [0.5, 0.6) is 5.75 Å². The second-order valence-corrected chi connectivity index (χ2v) is 5.94. The maximum atomic E-state index is 5.94. The molecule has 1 saturated heterocycles. The normalized spacial score (nSPS) is 15.1. The van der Waals surface area contributed by atoms with Gasteiger partial charge in [0.1, 0.15) is 12.4 Å². The van der Waals surface area contributed by atoms with Crippen LogP contribution in [0.1, 0.15) is 29.5 Å². The van der Waals surface area contributed by atoms with Crippen LogP contribution in [0.2, 0.25) is 0 Å². The first kappa shape index (κ1) is 15.1. The molecule has 0 unspecified atom stereocenters. The SMILES string of the molecule is NCc1cccc(COc2cccc(CN3CCCC3)c2)c1. The first-order valence-electron chi connectivity index (χ1n) is 8.05. The topological polar surface area (TPSA) is 38.5 Å².